The highest BCUT2D eigenvalue weighted by Gasteiger charge is 2.10. The van der Waals surface area contributed by atoms with Gasteiger partial charge in [-0.1, -0.05) is 0 Å². The molecule has 0 fully saturated rings. The van der Waals surface area contributed by atoms with Crippen LogP contribution in [0.25, 0.3) is 0 Å². The first-order valence-electron chi connectivity index (χ1n) is 6.96. The lowest BCUT2D eigenvalue weighted by atomic mass is 10.2. The molecule has 1 aromatic carbocycles. The van der Waals surface area contributed by atoms with Gasteiger partial charge in [-0.25, -0.2) is 0 Å². The van der Waals surface area contributed by atoms with E-state index in [4.69, 9.17) is 9.47 Å². The van der Waals surface area contributed by atoms with Gasteiger partial charge in [0.25, 0.3) is 0 Å². The van der Waals surface area contributed by atoms with Crippen LogP contribution in [0.3, 0.4) is 0 Å². The number of rotatable bonds is 8. The fraction of sp³-hybridized carbons (Fsp3) is 0.600. The summed E-state index contributed by atoms with van der Waals surface area (Å²) in [6, 6.07) is 6.20. The summed E-state index contributed by atoms with van der Waals surface area (Å²) < 4.78 is 10.9. The van der Waals surface area contributed by atoms with Crippen LogP contribution in [0, 0.1) is 0 Å². The van der Waals surface area contributed by atoms with Gasteiger partial charge in [-0.15, -0.1) is 0 Å². The van der Waals surface area contributed by atoms with Crippen LogP contribution in [0.5, 0.6) is 11.5 Å². The van der Waals surface area contributed by atoms with E-state index in [-0.39, 0.29) is 0 Å². The van der Waals surface area contributed by atoms with Crippen molar-refractivity contribution in [3.05, 3.63) is 23.8 Å². The Morgan fingerprint density at radius 2 is 1.79 bits per heavy atom. The Labute approximate surface area is 116 Å². The molecular formula is C15H28N2O2+2. The van der Waals surface area contributed by atoms with Gasteiger partial charge in [-0.3, -0.25) is 0 Å². The van der Waals surface area contributed by atoms with Crippen molar-refractivity contribution < 1.29 is 19.3 Å². The monoisotopic (exact) mass is 268 g/mol. The first-order chi connectivity index (χ1) is 9.06. The quantitative estimate of drug-likeness (QED) is 0.649. The normalized spacial score (nSPS) is 12.5. The molecule has 1 atom stereocenters. The summed E-state index contributed by atoms with van der Waals surface area (Å²) in [5.41, 5.74) is 1.29. The molecular weight excluding hydrogens is 240 g/mol. The number of methoxy groups -OCH3 is 1. The van der Waals surface area contributed by atoms with Crippen LogP contribution >= 0.6 is 0 Å². The molecule has 0 aliphatic carbocycles. The zero-order chi connectivity index (χ0) is 14.3. The van der Waals surface area contributed by atoms with Crippen molar-refractivity contribution in [1.82, 2.24) is 0 Å². The van der Waals surface area contributed by atoms with Crippen LogP contribution in [-0.2, 0) is 6.54 Å². The summed E-state index contributed by atoms with van der Waals surface area (Å²) in [5.74, 6) is 1.65. The first-order valence-corrected chi connectivity index (χ1v) is 6.96. The van der Waals surface area contributed by atoms with Crippen LogP contribution in [-0.4, -0.2) is 47.9 Å². The molecule has 1 rings (SSSR count). The van der Waals surface area contributed by atoms with Gasteiger partial charge in [-0.05, 0) is 25.1 Å². The number of ether oxygens (including phenoxy) is 2. The highest BCUT2D eigenvalue weighted by atomic mass is 16.5. The summed E-state index contributed by atoms with van der Waals surface area (Å²) >= 11 is 0. The van der Waals surface area contributed by atoms with Crippen LogP contribution in [0.4, 0.5) is 0 Å². The molecule has 0 aromatic heterocycles. The molecule has 0 heterocycles. The molecule has 0 aliphatic rings. The Bertz CT molecular complexity index is 380. The number of hydrogen-bond donors (Lipinski definition) is 2. The van der Waals surface area contributed by atoms with Gasteiger partial charge in [0.15, 0.2) is 11.5 Å². The third-order valence-corrected chi connectivity index (χ3v) is 3.09. The highest BCUT2D eigenvalue weighted by Crippen LogP contribution is 2.27. The summed E-state index contributed by atoms with van der Waals surface area (Å²) in [5, 5.41) is 0. The predicted molar refractivity (Wildman–Crippen MR) is 77.3 cm³/mol. The van der Waals surface area contributed by atoms with E-state index in [1.165, 1.54) is 28.5 Å². The topological polar surface area (TPSA) is 27.3 Å². The number of likely N-dealkylation sites (N-methyl/N-ethyl adjacent to an activating group) is 2. The van der Waals surface area contributed by atoms with E-state index < -0.39 is 0 Å². The maximum atomic E-state index is 5.61. The summed E-state index contributed by atoms with van der Waals surface area (Å²) in [7, 11) is 8.28. The van der Waals surface area contributed by atoms with Gasteiger partial charge in [0.05, 0.1) is 34.9 Å². The summed E-state index contributed by atoms with van der Waals surface area (Å²) in [6.45, 7) is 6.01. The predicted octanol–water partition coefficient (Wildman–Crippen LogP) is -0.747. The minimum absolute atomic E-state index is 0.659. The average Bonchev–Trinajstić information content (AvgIpc) is 2.37. The molecule has 4 nitrogen and oxygen atoms in total. The van der Waals surface area contributed by atoms with E-state index in [0.717, 1.165) is 18.0 Å². The zero-order valence-corrected chi connectivity index (χ0v) is 12.9. The molecule has 0 radical (unpaired) electrons. The Morgan fingerprint density at radius 3 is 2.37 bits per heavy atom. The van der Waals surface area contributed by atoms with E-state index in [0.29, 0.717) is 6.61 Å². The zero-order valence-electron chi connectivity index (χ0n) is 12.9. The van der Waals surface area contributed by atoms with E-state index in [2.05, 4.69) is 33.3 Å². The molecule has 0 amide bonds. The lowest BCUT2D eigenvalue weighted by Gasteiger charge is -2.16. The molecule has 0 saturated heterocycles. The summed E-state index contributed by atoms with van der Waals surface area (Å²) in [4.78, 5) is 3.00. The SMILES string of the molecule is CCOc1cc(C[NH+](C)CC[NH+](C)C)ccc1OC. The van der Waals surface area contributed by atoms with Crippen molar-refractivity contribution in [1.29, 1.82) is 0 Å². The molecule has 2 N–H and O–H groups in total. The molecule has 4 heteroatoms. The van der Waals surface area contributed by atoms with Gasteiger partial charge in [0.1, 0.15) is 19.6 Å². The minimum atomic E-state index is 0.659. The van der Waals surface area contributed by atoms with Crippen LogP contribution in [0.2, 0.25) is 0 Å². The van der Waals surface area contributed by atoms with Crippen LogP contribution in [0.1, 0.15) is 12.5 Å². The van der Waals surface area contributed by atoms with Crippen molar-refractivity contribution in [2.75, 3.05) is 47.9 Å². The van der Waals surface area contributed by atoms with E-state index >= 15 is 0 Å². The highest BCUT2D eigenvalue weighted by molar-refractivity contribution is 5.42. The molecule has 19 heavy (non-hydrogen) atoms. The third-order valence-electron chi connectivity index (χ3n) is 3.09. The van der Waals surface area contributed by atoms with E-state index in [1.54, 1.807) is 7.11 Å². The molecule has 0 bridgehead atoms. The third kappa shape index (κ3) is 5.49. The van der Waals surface area contributed by atoms with Crippen molar-refractivity contribution in [2.24, 2.45) is 0 Å². The van der Waals surface area contributed by atoms with Gasteiger partial charge >= 0.3 is 0 Å². The van der Waals surface area contributed by atoms with Crippen molar-refractivity contribution in [3.8, 4) is 11.5 Å². The number of benzene rings is 1. The Kier molecular flexibility index (Phi) is 6.67. The van der Waals surface area contributed by atoms with Crippen molar-refractivity contribution in [3.63, 3.8) is 0 Å². The van der Waals surface area contributed by atoms with Crippen LogP contribution in [0.15, 0.2) is 18.2 Å². The standard InChI is InChI=1S/C15H26N2O2/c1-6-19-15-11-13(7-8-14(15)18-5)12-17(4)10-9-16(2)3/h7-8,11H,6,9-10,12H2,1-5H3/p+2. The minimum Gasteiger partial charge on any atom is -0.493 e. The van der Waals surface area contributed by atoms with Crippen LogP contribution < -0.4 is 19.3 Å². The fourth-order valence-electron chi connectivity index (χ4n) is 2.00. The first kappa shape index (κ1) is 15.8. The molecule has 0 spiro atoms. The lowest BCUT2D eigenvalue weighted by Crippen LogP contribution is -3.15. The van der Waals surface area contributed by atoms with Gasteiger partial charge < -0.3 is 19.3 Å². The molecule has 0 aliphatic heterocycles. The van der Waals surface area contributed by atoms with E-state index in [9.17, 15) is 0 Å². The second-order valence-corrected chi connectivity index (χ2v) is 5.26. The second-order valence-electron chi connectivity index (χ2n) is 5.26. The second kappa shape index (κ2) is 8.02. The Morgan fingerprint density at radius 1 is 1.05 bits per heavy atom. The Hall–Kier alpha value is -1.26. The molecule has 1 unspecified atom stereocenters. The Balaban J connectivity index is 2.65. The largest absolute Gasteiger partial charge is 0.493 e. The van der Waals surface area contributed by atoms with E-state index in [1.807, 2.05) is 13.0 Å². The number of hydrogen-bond acceptors (Lipinski definition) is 2. The molecule has 108 valence electrons. The fourth-order valence-corrected chi connectivity index (χ4v) is 2.00. The number of quaternary nitrogens is 2. The maximum Gasteiger partial charge on any atom is 0.161 e. The smallest absolute Gasteiger partial charge is 0.161 e. The van der Waals surface area contributed by atoms with Gasteiger partial charge in [0, 0.05) is 5.56 Å². The molecule has 1 aromatic rings. The van der Waals surface area contributed by atoms with Crippen molar-refractivity contribution in [2.45, 2.75) is 13.5 Å². The summed E-state index contributed by atoms with van der Waals surface area (Å²) in [6.07, 6.45) is 0. The van der Waals surface area contributed by atoms with Gasteiger partial charge in [0.2, 0.25) is 0 Å². The number of nitrogens with one attached hydrogen (secondary N) is 2. The lowest BCUT2D eigenvalue weighted by molar-refractivity contribution is -0.937. The maximum absolute atomic E-state index is 5.61. The average molecular weight is 268 g/mol. The molecule has 0 saturated carbocycles. The van der Waals surface area contributed by atoms with Gasteiger partial charge in [-0.2, -0.15) is 0 Å². The van der Waals surface area contributed by atoms with Crippen molar-refractivity contribution >= 4 is 0 Å².